The number of nitrogens with zero attached hydrogens (tertiary/aromatic N) is 5. The van der Waals surface area contributed by atoms with E-state index in [4.69, 9.17) is 4.98 Å². The lowest BCUT2D eigenvalue weighted by Gasteiger charge is -2.16. The molecule has 1 N–H and O–H groups in total. The number of amides is 1. The number of anilines is 2. The van der Waals surface area contributed by atoms with Gasteiger partial charge in [0.05, 0.1) is 11.3 Å². The molecule has 4 aromatic rings. The highest BCUT2D eigenvalue weighted by Gasteiger charge is 2.30. The van der Waals surface area contributed by atoms with Crippen molar-refractivity contribution >= 4 is 17.4 Å². The Balaban J connectivity index is 1.41. The standard InChI is InChI=1S/C25H24N6O/c1-17(2)31-16-26-29-24(31)21-12-7-13-22(28-21)27-20-11-6-10-19-15-30(25(32)23(19)20)14-18-8-4-3-5-9-18/h3-13,16-17H,14-15H2,1-2H3,(H,27,28). The number of benzene rings is 2. The summed E-state index contributed by atoms with van der Waals surface area (Å²) >= 11 is 0. The Labute approximate surface area is 186 Å². The Morgan fingerprint density at radius 3 is 2.62 bits per heavy atom. The first-order chi connectivity index (χ1) is 15.6. The van der Waals surface area contributed by atoms with Gasteiger partial charge in [0, 0.05) is 19.1 Å². The van der Waals surface area contributed by atoms with Crippen LogP contribution in [0, 0.1) is 0 Å². The first-order valence-corrected chi connectivity index (χ1v) is 10.7. The van der Waals surface area contributed by atoms with E-state index in [1.807, 2.05) is 76.2 Å². The molecule has 1 amide bonds. The minimum atomic E-state index is 0.0302. The van der Waals surface area contributed by atoms with Gasteiger partial charge >= 0.3 is 0 Å². The van der Waals surface area contributed by atoms with Crippen LogP contribution in [0.4, 0.5) is 11.5 Å². The number of fused-ring (bicyclic) bond motifs is 1. The molecule has 3 heterocycles. The number of hydrogen-bond acceptors (Lipinski definition) is 5. The van der Waals surface area contributed by atoms with Crippen LogP contribution in [0.1, 0.15) is 41.4 Å². The van der Waals surface area contributed by atoms with Crippen molar-refractivity contribution in [1.29, 1.82) is 0 Å². The molecule has 32 heavy (non-hydrogen) atoms. The fraction of sp³-hybridized carbons (Fsp3) is 0.200. The van der Waals surface area contributed by atoms with Crippen molar-refractivity contribution in [1.82, 2.24) is 24.6 Å². The van der Waals surface area contributed by atoms with Gasteiger partial charge in [-0.25, -0.2) is 4.98 Å². The maximum absolute atomic E-state index is 13.2. The van der Waals surface area contributed by atoms with Gasteiger partial charge in [-0.05, 0) is 43.2 Å². The quantitative estimate of drug-likeness (QED) is 0.480. The molecule has 5 rings (SSSR count). The third-order valence-corrected chi connectivity index (χ3v) is 5.60. The maximum Gasteiger partial charge on any atom is 0.256 e. The second-order valence-corrected chi connectivity index (χ2v) is 8.18. The lowest BCUT2D eigenvalue weighted by atomic mass is 10.1. The van der Waals surface area contributed by atoms with Gasteiger partial charge in [0.25, 0.3) is 5.91 Å². The number of carbonyl (C=O) groups excluding carboxylic acids is 1. The van der Waals surface area contributed by atoms with Gasteiger partial charge in [0.15, 0.2) is 5.82 Å². The van der Waals surface area contributed by atoms with Crippen molar-refractivity contribution in [2.24, 2.45) is 0 Å². The fourth-order valence-electron chi connectivity index (χ4n) is 4.03. The minimum Gasteiger partial charge on any atom is -0.340 e. The van der Waals surface area contributed by atoms with E-state index >= 15 is 0 Å². The number of hydrogen-bond donors (Lipinski definition) is 1. The minimum absolute atomic E-state index is 0.0302. The average molecular weight is 425 g/mol. The van der Waals surface area contributed by atoms with Gasteiger partial charge in [-0.3, -0.25) is 4.79 Å². The zero-order valence-corrected chi connectivity index (χ0v) is 18.1. The molecule has 0 aliphatic carbocycles. The summed E-state index contributed by atoms with van der Waals surface area (Å²) in [4.78, 5) is 19.8. The lowest BCUT2D eigenvalue weighted by molar-refractivity contribution is 0.0767. The third-order valence-electron chi connectivity index (χ3n) is 5.60. The molecule has 0 saturated heterocycles. The van der Waals surface area contributed by atoms with Gasteiger partial charge in [0.2, 0.25) is 0 Å². The van der Waals surface area contributed by atoms with Crippen LogP contribution in [-0.4, -0.2) is 30.6 Å². The highest BCUT2D eigenvalue weighted by molar-refractivity contribution is 6.04. The summed E-state index contributed by atoms with van der Waals surface area (Å²) in [6.07, 6.45) is 1.71. The molecule has 2 aromatic heterocycles. The molecule has 0 atom stereocenters. The summed E-state index contributed by atoms with van der Waals surface area (Å²) in [7, 11) is 0. The Bertz CT molecular complexity index is 1260. The van der Waals surface area contributed by atoms with Crippen molar-refractivity contribution in [3.8, 4) is 11.5 Å². The molecule has 7 nitrogen and oxygen atoms in total. The largest absolute Gasteiger partial charge is 0.340 e. The summed E-state index contributed by atoms with van der Waals surface area (Å²) < 4.78 is 1.98. The molecule has 2 aromatic carbocycles. The second kappa shape index (κ2) is 8.26. The SMILES string of the molecule is CC(C)n1cnnc1-c1cccc(Nc2cccc3c2C(=O)N(Cc2ccccc2)C3)n1. The number of pyridine rings is 1. The van der Waals surface area contributed by atoms with Gasteiger partial charge in [-0.1, -0.05) is 48.5 Å². The zero-order valence-electron chi connectivity index (χ0n) is 18.1. The van der Waals surface area contributed by atoms with E-state index < -0.39 is 0 Å². The summed E-state index contributed by atoms with van der Waals surface area (Å²) in [6.45, 7) is 5.35. The summed E-state index contributed by atoms with van der Waals surface area (Å²) in [5.74, 6) is 1.40. The van der Waals surface area contributed by atoms with E-state index in [2.05, 4.69) is 29.4 Å². The summed E-state index contributed by atoms with van der Waals surface area (Å²) in [5.41, 5.74) is 4.34. The Kier molecular flexibility index (Phi) is 5.15. The van der Waals surface area contributed by atoms with Crippen molar-refractivity contribution in [3.63, 3.8) is 0 Å². The lowest BCUT2D eigenvalue weighted by Crippen LogP contribution is -2.23. The molecule has 0 spiro atoms. The maximum atomic E-state index is 13.2. The summed E-state index contributed by atoms with van der Waals surface area (Å²) in [6, 6.07) is 21.9. The van der Waals surface area contributed by atoms with E-state index in [0.717, 1.165) is 22.5 Å². The van der Waals surface area contributed by atoms with Gasteiger partial charge in [-0.15, -0.1) is 10.2 Å². The van der Waals surface area contributed by atoms with Crippen LogP contribution in [0.5, 0.6) is 0 Å². The van der Waals surface area contributed by atoms with Crippen LogP contribution < -0.4 is 5.32 Å². The molecule has 1 aliphatic heterocycles. The van der Waals surface area contributed by atoms with Crippen LogP contribution in [0.3, 0.4) is 0 Å². The van der Waals surface area contributed by atoms with Gasteiger partial charge in [-0.2, -0.15) is 0 Å². The first kappa shape index (κ1) is 19.9. The van der Waals surface area contributed by atoms with Crippen molar-refractivity contribution in [3.05, 3.63) is 89.7 Å². The second-order valence-electron chi connectivity index (χ2n) is 8.18. The van der Waals surface area contributed by atoms with E-state index in [1.54, 1.807) is 6.33 Å². The molecule has 0 radical (unpaired) electrons. The van der Waals surface area contributed by atoms with Crippen LogP contribution in [0.15, 0.2) is 73.1 Å². The number of aromatic nitrogens is 4. The molecule has 1 aliphatic rings. The molecular weight excluding hydrogens is 400 g/mol. The smallest absolute Gasteiger partial charge is 0.256 e. The predicted octanol–water partition coefficient (Wildman–Crippen LogP) is 4.82. The van der Waals surface area contributed by atoms with Crippen LogP contribution in [0.2, 0.25) is 0 Å². The van der Waals surface area contributed by atoms with Crippen LogP contribution >= 0.6 is 0 Å². The first-order valence-electron chi connectivity index (χ1n) is 10.7. The predicted molar refractivity (Wildman–Crippen MR) is 123 cm³/mol. The molecule has 160 valence electrons. The van der Waals surface area contributed by atoms with Crippen LogP contribution in [0.25, 0.3) is 11.5 Å². The van der Waals surface area contributed by atoms with Gasteiger partial charge in [0.1, 0.15) is 17.8 Å². The van der Waals surface area contributed by atoms with Crippen molar-refractivity contribution in [2.75, 3.05) is 5.32 Å². The topological polar surface area (TPSA) is 75.9 Å². The molecule has 0 fully saturated rings. The highest BCUT2D eigenvalue weighted by atomic mass is 16.2. The molecule has 7 heteroatoms. The van der Waals surface area contributed by atoms with Crippen molar-refractivity contribution in [2.45, 2.75) is 33.0 Å². The normalized spacial score (nSPS) is 13.0. The Morgan fingerprint density at radius 2 is 1.81 bits per heavy atom. The Morgan fingerprint density at radius 1 is 1.00 bits per heavy atom. The molecule has 0 unspecified atom stereocenters. The van der Waals surface area contributed by atoms with Gasteiger partial charge < -0.3 is 14.8 Å². The van der Waals surface area contributed by atoms with Crippen molar-refractivity contribution < 1.29 is 4.79 Å². The average Bonchev–Trinajstić information content (AvgIpc) is 3.41. The fourth-order valence-corrected chi connectivity index (χ4v) is 4.03. The van der Waals surface area contributed by atoms with E-state index in [9.17, 15) is 4.79 Å². The molecule has 0 bridgehead atoms. The van der Waals surface area contributed by atoms with Crippen LogP contribution in [-0.2, 0) is 13.1 Å². The number of carbonyl (C=O) groups is 1. The van der Waals surface area contributed by atoms with E-state index in [-0.39, 0.29) is 11.9 Å². The highest BCUT2D eigenvalue weighted by Crippen LogP contribution is 2.32. The Hall–Kier alpha value is -4.00. The third kappa shape index (κ3) is 3.73. The molecular formula is C25H24N6O. The summed E-state index contributed by atoms with van der Waals surface area (Å²) in [5, 5.41) is 11.6. The monoisotopic (exact) mass is 424 g/mol. The van der Waals surface area contributed by atoms with E-state index in [1.165, 1.54) is 0 Å². The molecule has 0 saturated carbocycles. The number of nitrogens with one attached hydrogen (secondary N) is 1. The zero-order chi connectivity index (χ0) is 22.1. The number of rotatable bonds is 6. The van der Waals surface area contributed by atoms with E-state index in [0.29, 0.717) is 30.3 Å².